The van der Waals surface area contributed by atoms with E-state index >= 15 is 4.39 Å². The average Bonchev–Trinajstić information content (AvgIpc) is 2.95. The van der Waals surface area contributed by atoms with Crippen LogP contribution in [-0.4, -0.2) is 18.7 Å². The van der Waals surface area contributed by atoms with E-state index in [4.69, 9.17) is 4.74 Å². The summed E-state index contributed by atoms with van der Waals surface area (Å²) >= 11 is 0. The first-order chi connectivity index (χ1) is 19.4. The zero-order valence-electron chi connectivity index (χ0n) is 20.1. The number of hydrogen-bond donors (Lipinski definition) is 2. The molecule has 0 unspecified atom stereocenters. The monoisotopic (exact) mass is 582 g/mol. The van der Waals surface area contributed by atoms with Crippen molar-refractivity contribution in [3.63, 3.8) is 0 Å². The Balaban J connectivity index is 1.88. The van der Waals surface area contributed by atoms with Crippen LogP contribution in [0.4, 0.5) is 62.3 Å². The molecule has 0 amide bonds. The Morgan fingerprint density at radius 3 is 1.34 bits per heavy atom. The summed E-state index contributed by atoms with van der Waals surface area (Å²) in [5, 5.41) is 3.48. The highest BCUT2D eigenvalue weighted by Crippen LogP contribution is 2.48. The Morgan fingerprint density at radius 1 is 0.537 bits per heavy atom. The summed E-state index contributed by atoms with van der Waals surface area (Å²) < 4.78 is 135. The standard InChI is InChI=1S/C27H11F9N2O3/c1-41-27-15-14(25(39)8-4-2-3-5-9(8)26(15)40)20(36)23(37-21-16(32)10(28)6-11(29)17(21)33)24(27)38-22-18(34)12(30)7-13(31)19(22)35/h2-7,37-38H,1H3. The first-order valence-corrected chi connectivity index (χ1v) is 11.2. The predicted molar refractivity (Wildman–Crippen MR) is 125 cm³/mol. The van der Waals surface area contributed by atoms with Crippen LogP contribution in [0.25, 0.3) is 0 Å². The van der Waals surface area contributed by atoms with Gasteiger partial charge in [-0.15, -0.1) is 0 Å². The highest BCUT2D eigenvalue weighted by atomic mass is 19.2. The van der Waals surface area contributed by atoms with Crippen molar-refractivity contribution in [3.05, 3.63) is 111 Å². The van der Waals surface area contributed by atoms with Crippen LogP contribution in [0.3, 0.4) is 0 Å². The van der Waals surface area contributed by atoms with Crippen molar-refractivity contribution >= 4 is 34.3 Å². The van der Waals surface area contributed by atoms with E-state index < -0.39 is 104 Å². The minimum atomic E-state index is -2.09. The third kappa shape index (κ3) is 4.13. The molecule has 0 saturated carbocycles. The van der Waals surface area contributed by atoms with E-state index in [1.54, 1.807) is 10.6 Å². The van der Waals surface area contributed by atoms with Gasteiger partial charge in [-0.1, -0.05) is 24.3 Å². The summed E-state index contributed by atoms with van der Waals surface area (Å²) in [6.45, 7) is 0. The predicted octanol–water partition coefficient (Wildman–Crippen LogP) is 7.21. The molecule has 0 bridgehead atoms. The maximum atomic E-state index is 16.2. The highest BCUT2D eigenvalue weighted by Gasteiger charge is 2.39. The molecule has 210 valence electrons. The summed E-state index contributed by atoms with van der Waals surface area (Å²) in [5.74, 6) is -21.0. The SMILES string of the molecule is COc1c(Nc2c(F)c(F)cc(F)c2F)c(Nc2c(F)c(F)cc(F)c2F)c(F)c2c1C(=O)c1ccccc1C2=O. The van der Waals surface area contributed by atoms with Crippen molar-refractivity contribution in [3.8, 4) is 5.75 Å². The molecule has 0 spiro atoms. The van der Waals surface area contributed by atoms with E-state index in [1.165, 1.54) is 18.2 Å². The van der Waals surface area contributed by atoms with E-state index in [1.807, 2.05) is 0 Å². The van der Waals surface area contributed by atoms with Crippen molar-refractivity contribution in [1.29, 1.82) is 0 Å². The fraction of sp³-hybridized carbons (Fsp3) is 0.0370. The van der Waals surface area contributed by atoms with Gasteiger partial charge in [0.15, 0.2) is 69.7 Å². The molecule has 0 aliphatic heterocycles. The Morgan fingerprint density at radius 2 is 0.927 bits per heavy atom. The summed E-state index contributed by atoms with van der Waals surface area (Å²) in [6, 6.07) is 4.72. The van der Waals surface area contributed by atoms with E-state index in [0.29, 0.717) is 0 Å². The smallest absolute Gasteiger partial charge is 0.198 e. The molecule has 1 aliphatic carbocycles. The number of anilines is 4. The number of methoxy groups -OCH3 is 1. The molecule has 41 heavy (non-hydrogen) atoms. The Kier molecular flexibility index (Phi) is 6.63. The van der Waals surface area contributed by atoms with Crippen LogP contribution < -0.4 is 15.4 Å². The van der Waals surface area contributed by atoms with Crippen molar-refractivity contribution in [2.24, 2.45) is 0 Å². The van der Waals surface area contributed by atoms with Gasteiger partial charge in [0, 0.05) is 23.3 Å². The minimum absolute atomic E-state index is 0.154. The van der Waals surface area contributed by atoms with Gasteiger partial charge in [-0.25, -0.2) is 39.5 Å². The molecule has 4 aromatic carbocycles. The number of rotatable bonds is 5. The zero-order valence-corrected chi connectivity index (χ0v) is 20.1. The molecular weight excluding hydrogens is 571 g/mol. The zero-order chi connectivity index (χ0) is 29.9. The van der Waals surface area contributed by atoms with Gasteiger partial charge in [-0.3, -0.25) is 9.59 Å². The second-order valence-corrected chi connectivity index (χ2v) is 8.49. The lowest BCUT2D eigenvalue weighted by molar-refractivity contribution is 0.0973. The number of fused-ring (bicyclic) bond motifs is 2. The second-order valence-electron chi connectivity index (χ2n) is 8.49. The third-order valence-corrected chi connectivity index (χ3v) is 6.19. The number of carbonyl (C=O) groups excluding carboxylic acids is 2. The molecule has 0 atom stereocenters. The molecule has 2 N–H and O–H groups in total. The van der Waals surface area contributed by atoms with Crippen LogP contribution in [0, 0.1) is 52.4 Å². The highest BCUT2D eigenvalue weighted by molar-refractivity contribution is 6.30. The largest absolute Gasteiger partial charge is 0.494 e. The Labute approximate surface area is 223 Å². The Hall–Kier alpha value is -5.01. The van der Waals surface area contributed by atoms with Gasteiger partial charge in [0.2, 0.25) is 0 Å². The quantitative estimate of drug-likeness (QED) is 0.169. The lowest BCUT2D eigenvalue weighted by atomic mass is 9.82. The van der Waals surface area contributed by atoms with E-state index in [0.717, 1.165) is 13.2 Å². The molecule has 0 radical (unpaired) electrons. The summed E-state index contributed by atoms with van der Waals surface area (Å²) in [5.41, 5.74) is -8.22. The molecule has 4 aromatic rings. The van der Waals surface area contributed by atoms with Gasteiger partial charge in [0.05, 0.1) is 18.2 Å². The lowest BCUT2D eigenvalue weighted by Crippen LogP contribution is -2.25. The third-order valence-electron chi connectivity index (χ3n) is 6.19. The number of nitrogens with one attached hydrogen (secondary N) is 2. The maximum absolute atomic E-state index is 16.2. The molecule has 5 rings (SSSR count). The number of ether oxygens (including phenoxy) is 1. The van der Waals surface area contributed by atoms with Gasteiger partial charge in [0.1, 0.15) is 22.7 Å². The fourth-order valence-electron chi connectivity index (χ4n) is 4.33. The number of ketones is 2. The average molecular weight is 582 g/mol. The van der Waals surface area contributed by atoms with Gasteiger partial charge < -0.3 is 15.4 Å². The first-order valence-electron chi connectivity index (χ1n) is 11.2. The van der Waals surface area contributed by atoms with Gasteiger partial charge in [-0.05, 0) is 0 Å². The van der Waals surface area contributed by atoms with Crippen molar-refractivity contribution < 1.29 is 53.8 Å². The van der Waals surface area contributed by atoms with Crippen LogP contribution in [0.15, 0.2) is 36.4 Å². The van der Waals surface area contributed by atoms with E-state index in [2.05, 4.69) is 0 Å². The Bertz CT molecular complexity index is 1770. The molecule has 0 aromatic heterocycles. The minimum Gasteiger partial charge on any atom is -0.494 e. The molecule has 1 aliphatic rings. The normalized spacial score (nSPS) is 12.2. The van der Waals surface area contributed by atoms with Crippen LogP contribution in [0.5, 0.6) is 5.75 Å². The summed E-state index contributed by atoms with van der Waals surface area (Å²) in [6.07, 6.45) is 0. The summed E-state index contributed by atoms with van der Waals surface area (Å²) in [4.78, 5) is 26.6. The number of carbonyl (C=O) groups is 2. The lowest BCUT2D eigenvalue weighted by Gasteiger charge is -2.26. The molecular formula is C27H11F9N2O3. The molecule has 0 heterocycles. The van der Waals surface area contributed by atoms with Gasteiger partial charge in [0.25, 0.3) is 0 Å². The first kappa shape index (κ1) is 27.6. The number of benzene rings is 4. The number of halogens is 9. The van der Waals surface area contributed by atoms with Crippen LogP contribution >= 0.6 is 0 Å². The van der Waals surface area contributed by atoms with Crippen LogP contribution in [0.1, 0.15) is 31.8 Å². The van der Waals surface area contributed by atoms with Crippen molar-refractivity contribution in [2.75, 3.05) is 17.7 Å². The van der Waals surface area contributed by atoms with Gasteiger partial charge >= 0.3 is 0 Å². The number of hydrogen-bond acceptors (Lipinski definition) is 5. The maximum Gasteiger partial charge on any atom is 0.198 e. The summed E-state index contributed by atoms with van der Waals surface area (Å²) in [7, 11) is 0.836. The van der Waals surface area contributed by atoms with E-state index in [-0.39, 0.29) is 23.3 Å². The van der Waals surface area contributed by atoms with Crippen molar-refractivity contribution in [1.82, 2.24) is 0 Å². The molecule has 0 fully saturated rings. The van der Waals surface area contributed by atoms with E-state index in [9.17, 15) is 44.7 Å². The molecule has 0 saturated heterocycles. The van der Waals surface area contributed by atoms with Gasteiger partial charge in [-0.2, -0.15) is 0 Å². The molecule has 14 heteroatoms. The van der Waals surface area contributed by atoms with Crippen LogP contribution in [-0.2, 0) is 0 Å². The molecule has 5 nitrogen and oxygen atoms in total. The van der Waals surface area contributed by atoms with Crippen molar-refractivity contribution in [2.45, 2.75) is 0 Å². The second kappa shape index (κ2) is 9.87. The fourth-order valence-corrected chi connectivity index (χ4v) is 4.33. The van der Waals surface area contributed by atoms with Crippen LogP contribution in [0.2, 0.25) is 0 Å². The topological polar surface area (TPSA) is 67.4 Å².